The molecule has 1 heterocycles. The van der Waals surface area contributed by atoms with Gasteiger partial charge in [-0.05, 0) is 50.0 Å². The van der Waals surface area contributed by atoms with Gasteiger partial charge in [-0.15, -0.1) is 0 Å². The van der Waals surface area contributed by atoms with Crippen molar-refractivity contribution in [2.24, 2.45) is 0 Å². The van der Waals surface area contributed by atoms with Gasteiger partial charge in [0.2, 0.25) is 0 Å². The molecule has 4 heteroatoms. The number of halogens is 1. The average molecular weight is 251 g/mol. The zero-order valence-electron chi connectivity index (χ0n) is 10.5. The summed E-state index contributed by atoms with van der Waals surface area (Å²) in [4.78, 5) is 13.5. The smallest absolute Gasteiger partial charge is 0.312 e. The Morgan fingerprint density at radius 3 is 2.67 bits per heavy atom. The van der Waals surface area contributed by atoms with Gasteiger partial charge in [-0.3, -0.25) is 4.79 Å². The van der Waals surface area contributed by atoms with Crippen LogP contribution in [0.5, 0.6) is 0 Å². The van der Waals surface area contributed by atoms with Gasteiger partial charge >= 0.3 is 5.97 Å². The van der Waals surface area contributed by atoms with Gasteiger partial charge in [0.1, 0.15) is 5.82 Å². The van der Waals surface area contributed by atoms with Crippen molar-refractivity contribution < 1.29 is 14.3 Å². The van der Waals surface area contributed by atoms with Gasteiger partial charge in [0.05, 0.1) is 5.92 Å². The third-order valence-electron chi connectivity index (χ3n) is 3.52. The van der Waals surface area contributed by atoms with Gasteiger partial charge in [-0.1, -0.05) is 12.1 Å². The van der Waals surface area contributed by atoms with Crippen LogP contribution in [0.1, 0.15) is 29.9 Å². The van der Waals surface area contributed by atoms with E-state index in [0.29, 0.717) is 17.7 Å². The van der Waals surface area contributed by atoms with E-state index >= 15 is 0 Å². The minimum Gasteiger partial charge on any atom is -0.481 e. The number of benzene rings is 1. The Kier molecular flexibility index (Phi) is 3.97. The van der Waals surface area contributed by atoms with E-state index in [1.165, 1.54) is 6.07 Å². The number of rotatable bonds is 4. The summed E-state index contributed by atoms with van der Waals surface area (Å²) in [5.74, 6) is -1.70. The van der Waals surface area contributed by atoms with Crippen LogP contribution in [0.3, 0.4) is 0 Å². The van der Waals surface area contributed by atoms with Crippen molar-refractivity contribution in [3.63, 3.8) is 0 Å². The maximum Gasteiger partial charge on any atom is 0.312 e. The molecular formula is C14H18FNO2. The fourth-order valence-electron chi connectivity index (χ4n) is 2.43. The van der Waals surface area contributed by atoms with Crippen molar-refractivity contribution >= 4 is 5.97 Å². The van der Waals surface area contributed by atoms with E-state index in [2.05, 4.69) is 4.90 Å². The molecule has 0 bridgehead atoms. The van der Waals surface area contributed by atoms with E-state index in [9.17, 15) is 14.3 Å². The summed E-state index contributed by atoms with van der Waals surface area (Å²) in [6.07, 6.45) is 2.27. The molecule has 0 amide bonds. The fourth-order valence-corrected chi connectivity index (χ4v) is 2.43. The lowest BCUT2D eigenvalue weighted by molar-refractivity contribution is -0.139. The van der Waals surface area contributed by atoms with E-state index in [0.717, 1.165) is 25.9 Å². The summed E-state index contributed by atoms with van der Waals surface area (Å²) in [7, 11) is 0. The number of carboxylic acid groups (broad SMARTS) is 1. The number of nitrogens with zero attached hydrogens (tertiary/aromatic N) is 1. The quantitative estimate of drug-likeness (QED) is 0.893. The van der Waals surface area contributed by atoms with Gasteiger partial charge in [-0.2, -0.15) is 0 Å². The average Bonchev–Trinajstić information content (AvgIpc) is 2.82. The summed E-state index contributed by atoms with van der Waals surface area (Å²) in [5, 5.41) is 9.33. The molecule has 1 aliphatic heterocycles. The van der Waals surface area contributed by atoms with Crippen LogP contribution in [0.15, 0.2) is 18.2 Å². The van der Waals surface area contributed by atoms with Crippen LogP contribution in [0.2, 0.25) is 0 Å². The highest BCUT2D eigenvalue weighted by Gasteiger charge is 2.25. The van der Waals surface area contributed by atoms with Crippen LogP contribution in [0.4, 0.5) is 4.39 Å². The predicted molar refractivity (Wildman–Crippen MR) is 67.2 cm³/mol. The molecule has 1 unspecified atom stereocenters. The Hall–Kier alpha value is -1.42. The number of carboxylic acids is 1. The Balaban J connectivity index is 2.17. The first-order valence-corrected chi connectivity index (χ1v) is 6.29. The normalized spacial score (nSPS) is 17.9. The zero-order valence-corrected chi connectivity index (χ0v) is 10.5. The third-order valence-corrected chi connectivity index (χ3v) is 3.52. The number of carbonyl (C=O) groups is 1. The molecule has 2 rings (SSSR count). The first-order valence-electron chi connectivity index (χ1n) is 6.29. The van der Waals surface area contributed by atoms with Crippen molar-refractivity contribution in [3.8, 4) is 0 Å². The SMILES string of the molecule is Cc1cc(C(CN2CCCC2)C(=O)O)ccc1F. The van der Waals surface area contributed by atoms with Gasteiger partial charge in [0.15, 0.2) is 0 Å². The van der Waals surface area contributed by atoms with E-state index in [1.807, 2.05) is 0 Å². The van der Waals surface area contributed by atoms with Crippen LogP contribution in [-0.4, -0.2) is 35.6 Å². The molecule has 0 spiro atoms. The topological polar surface area (TPSA) is 40.5 Å². The Bertz CT molecular complexity index is 441. The molecule has 18 heavy (non-hydrogen) atoms. The number of aryl methyl sites for hydroxylation is 1. The molecule has 1 aromatic rings. The zero-order chi connectivity index (χ0) is 13.1. The second-order valence-electron chi connectivity index (χ2n) is 4.91. The van der Waals surface area contributed by atoms with E-state index in [-0.39, 0.29) is 5.82 Å². The molecule has 0 aromatic heterocycles. The number of hydrogen-bond acceptors (Lipinski definition) is 2. The second-order valence-corrected chi connectivity index (χ2v) is 4.91. The first-order chi connectivity index (χ1) is 8.58. The van der Waals surface area contributed by atoms with E-state index in [4.69, 9.17) is 0 Å². The highest BCUT2D eigenvalue weighted by Crippen LogP contribution is 2.22. The molecule has 0 saturated carbocycles. The largest absolute Gasteiger partial charge is 0.481 e. The molecule has 1 aromatic carbocycles. The highest BCUT2D eigenvalue weighted by atomic mass is 19.1. The summed E-state index contributed by atoms with van der Waals surface area (Å²) in [6.45, 7) is 4.10. The number of aliphatic carboxylic acids is 1. The fraction of sp³-hybridized carbons (Fsp3) is 0.500. The highest BCUT2D eigenvalue weighted by molar-refractivity contribution is 5.76. The van der Waals surface area contributed by atoms with Gasteiger partial charge in [0, 0.05) is 6.54 Å². The van der Waals surface area contributed by atoms with Crippen LogP contribution < -0.4 is 0 Å². The van der Waals surface area contributed by atoms with Crippen molar-refractivity contribution in [2.45, 2.75) is 25.7 Å². The Morgan fingerprint density at radius 1 is 1.44 bits per heavy atom. The van der Waals surface area contributed by atoms with Gasteiger partial charge < -0.3 is 10.0 Å². The number of hydrogen-bond donors (Lipinski definition) is 1. The Labute approximate surface area is 106 Å². The minimum atomic E-state index is -0.840. The summed E-state index contributed by atoms with van der Waals surface area (Å²) in [5.41, 5.74) is 1.19. The van der Waals surface area contributed by atoms with Crippen LogP contribution in [0, 0.1) is 12.7 Å². The summed E-state index contributed by atoms with van der Waals surface area (Å²) >= 11 is 0. The standard InChI is InChI=1S/C14H18FNO2/c1-10-8-11(4-5-13(10)15)12(14(17)18)9-16-6-2-3-7-16/h4-5,8,12H,2-3,6-7,9H2,1H3,(H,17,18). The second kappa shape index (κ2) is 5.48. The lowest BCUT2D eigenvalue weighted by Crippen LogP contribution is -2.29. The first kappa shape index (κ1) is 13.0. The molecule has 0 radical (unpaired) electrons. The maximum absolute atomic E-state index is 13.2. The molecule has 1 atom stereocenters. The van der Waals surface area contributed by atoms with Gasteiger partial charge in [0.25, 0.3) is 0 Å². The lowest BCUT2D eigenvalue weighted by Gasteiger charge is -2.21. The van der Waals surface area contributed by atoms with Crippen molar-refractivity contribution in [3.05, 3.63) is 35.1 Å². The lowest BCUT2D eigenvalue weighted by atomic mass is 9.97. The van der Waals surface area contributed by atoms with Crippen LogP contribution >= 0.6 is 0 Å². The maximum atomic E-state index is 13.2. The molecule has 1 N–H and O–H groups in total. The molecular weight excluding hydrogens is 233 g/mol. The molecule has 1 fully saturated rings. The molecule has 0 aliphatic carbocycles. The van der Waals surface area contributed by atoms with Crippen LogP contribution in [-0.2, 0) is 4.79 Å². The van der Waals surface area contributed by atoms with E-state index in [1.54, 1.807) is 19.1 Å². The number of likely N-dealkylation sites (tertiary alicyclic amines) is 1. The molecule has 1 saturated heterocycles. The van der Waals surface area contributed by atoms with Gasteiger partial charge in [-0.25, -0.2) is 4.39 Å². The summed E-state index contributed by atoms with van der Waals surface area (Å²) < 4.78 is 13.2. The summed E-state index contributed by atoms with van der Waals surface area (Å²) in [6, 6.07) is 4.58. The minimum absolute atomic E-state index is 0.288. The molecule has 1 aliphatic rings. The van der Waals surface area contributed by atoms with E-state index < -0.39 is 11.9 Å². The molecule has 98 valence electrons. The Morgan fingerprint density at radius 2 is 2.11 bits per heavy atom. The monoisotopic (exact) mass is 251 g/mol. The van der Waals surface area contributed by atoms with Crippen molar-refractivity contribution in [1.29, 1.82) is 0 Å². The molecule has 3 nitrogen and oxygen atoms in total. The van der Waals surface area contributed by atoms with Crippen molar-refractivity contribution in [1.82, 2.24) is 4.90 Å². The third kappa shape index (κ3) is 2.88. The van der Waals surface area contributed by atoms with Crippen LogP contribution in [0.25, 0.3) is 0 Å². The van der Waals surface area contributed by atoms with Crippen molar-refractivity contribution in [2.75, 3.05) is 19.6 Å². The predicted octanol–water partition coefficient (Wildman–Crippen LogP) is 2.40.